The van der Waals surface area contributed by atoms with Gasteiger partial charge in [0.05, 0.1) is 12.1 Å². The molecule has 212 valence electrons. The number of hydrogen-bond acceptors (Lipinski definition) is 2. The quantitative estimate of drug-likeness (QED) is 0.202. The third-order valence-electron chi connectivity index (χ3n) is 9.23. The molecule has 2 heteroatoms. The molecule has 3 aliphatic rings. The third-order valence-corrected chi connectivity index (χ3v) is 9.23. The van der Waals surface area contributed by atoms with Crippen molar-refractivity contribution in [3.05, 3.63) is 182 Å². The fourth-order valence-corrected chi connectivity index (χ4v) is 7.14. The van der Waals surface area contributed by atoms with Crippen molar-refractivity contribution in [2.75, 3.05) is 9.80 Å². The Morgan fingerprint density at radius 3 is 1.52 bits per heavy atom. The number of fused-ring (bicyclic) bond motifs is 3. The van der Waals surface area contributed by atoms with E-state index in [0.29, 0.717) is 23.9 Å². The Morgan fingerprint density at radius 1 is 0.386 bits per heavy atom. The highest BCUT2D eigenvalue weighted by Gasteiger charge is 2.45. The van der Waals surface area contributed by atoms with E-state index in [4.69, 9.17) is 0 Å². The second-order valence-electron chi connectivity index (χ2n) is 11.8. The standard InChI is InChI=1S/C42H34N2/c1-3-12-31(13-4-1)32-22-26-36(27-23-32)43(35-15-5-2-6-16-35)38-17-11-14-34(30-38)33-24-28-37(29-25-33)44-41-20-9-7-18-39(41)40-19-8-10-21-42(40)44/h1-30,39-42H. The van der Waals surface area contributed by atoms with Crippen LogP contribution in [0.4, 0.5) is 22.7 Å². The van der Waals surface area contributed by atoms with Gasteiger partial charge in [-0.05, 0) is 70.8 Å². The lowest BCUT2D eigenvalue weighted by atomic mass is 9.83. The van der Waals surface area contributed by atoms with E-state index in [1.54, 1.807) is 0 Å². The first-order chi connectivity index (χ1) is 21.8. The summed E-state index contributed by atoms with van der Waals surface area (Å²) in [6, 6.07) is 48.9. The second-order valence-corrected chi connectivity index (χ2v) is 11.8. The summed E-state index contributed by atoms with van der Waals surface area (Å²) >= 11 is 0. The molecular formula is C42H34N2. The molecule has 0 spiro atoms. The van der Waals surface area contributed by atoms with Crippen LogP contribution in [0.1, 0.15) is 0 Å². The molecule has 0 bridgehead atoms. The highest BCUT2D eigenvalue weighted by molar-refractivity contribution is 5.81. The predicted molar refractivity (Wildman–Crippen MR) is 186 cm³/mol. The smallest absolute Gasteiger partial charge is 0.0551 e. The van der Waals surface area contributed by atoms with Crippen LogP contribution in [-0.4, -0.2) is 12.1 Å². The number of rotatable bonds is 6. The third kappa shape index (κ3) is 4.79. The van der Waals surface area contributed by atoms with Gasteiger partial charge < -0.3 is 9.80 Å². The summed E-state index contributed by atoms with van der Waals surface area (Å²) in [4.78, 5) is 4.94. The Kier molecular flexibility index (Phi) is 6.81. The van der Waals surface area contributed by atoms with Crippen LogP contribution in [0.3, 0.4) is 0 Å². The van der Waals surface area contributed by atoms with Crippen LogP contribution in [0.15, 0.2) is 182 Å². The Labute approximate surface area is 260 Å². The topological polar surface area (TPSA) is 6.48 Å². The van der Waals surface area contributed by atoms with Gasteiger partial charge in [0.1, 0.15) is 0 Å². The fourth-order valence-electron chi connectivity index (χ4n) is 7.14. The van der Waals surface area contributed by atoms with E-state index in [2.05, 4.69) is 192 Å². The van der Waals surface area contributed by atoms with Crippen molar-refractivity contribution < 1.29 is 0 Å². The zero-order valence-electron chi connectivity index (χ0n) is 24.5. The number of benzene rings is 5. The van der Waals surface area contributed by atoms with Crippen LogP contribution in [0.25, 0.3) is 22.3 Å². The molecule has 0 radical (unpaired) electrons. The molecule has 2 aliphatic carbocycles. The lowest BCUT2D eigenvalue weighted by Crippen LogP contribution is -2.36. The van der Waals surface area contributed by atoms with E-state index in [-0.39, 0.29) is 0 Å². The molecule has 0 aromatic heterocycles. The lowest BCUT2D eigenvalue weighted by Gasteiger charge is -2.32. The second kappa shape index (κ2) is 11.4. The monoisotopic (exact) mass is 566 g/mol. The Balaban J connectivity index is 1.11. The summed E-state index contributed by atoms with van der Waals surface area (Å²) in [5.74, 6) is 1.02. The van der Waals surface area contributed by atoms with Gasteiger partial charge in [-0.3, -0.25) is 0 Å². The largest absolute Gasteiger partial charge is 0.357 e. The summed E-state index contributed by atoms with van der Waals surface area (Å²) in [6.45, 7) is 0. The molecule has 1 heterocycles. The normalized spacial score (nSPS) is 21.2. The minimum absolute atomic E-state index is 0.379. The van der Waals surface area contributed by atoms with Gasteiger partial charge in [0.2, 0.25) is 0 Å². The average molecular weight is 567 g/mol. The van der Waals surface area contributed by atoms with Crippen LogP contribution in [0, 0.1) is 11.8 Å². The van der Waals surface area contributed by atoms with E-state index in [0.717, 1.165) is 17.1 Å². The maximum atomic E-state index is 2.60. The fraction of sp³-hybridized carbons (Fsp3) is 0.0952. The Hall–Kier alpha value is -5.34. The molecule has 44 heavy (non-hydrogen) atoms. The number of anilines is 4. The van der Waals surface area contributed by atoms with Crippen molar-refractivity contribution in [2.24, 2.45) is 11.8 Å². The number of nitrogens with zero attached hydrogens (tertiary/aromatic N) is 2. The maximum Gasteiger partial charge on any atom is 0.0551 e. The summed E-state index contributed by atoms with van der Waals surface area (Å²) in [6.07, 6.45) is 18.3. The highest BCUT2D eigenvalue weighted by atomic mass is 15.2. The van der Waals surface area contributed by atoms with Crippen LogP contribution in [0.5, 0.6) is 0 Å². The first-order valence-corrected chi connectivity index (χ1v) is 15.5. The molecule has 0 N–H and O–H groups in total. The molecule has 5 aromatic carbocycles. The molecule has 0 amide bonds. The average Bonchev–Trinajstić information content (AvgIpc) is 3.44. The van der Waals surface area contributed by atoms with Gasteiger partial charge in [0.15, 0.2) is 0 Å². The van der Waals surface area contributed by atoms with Crippen LogP contribution < -0.4 is 9.80 Å². The minimum Gasteiger partial charge on any atom is -0.357 e. The molecule has 5 aromatic rings. The van der Waals surface area contributed by atoms with Crippen molar-refractivity contribution in [2.45, 2.75) is 12.1 Å². The van der Waals surface area contributed by atoms with E-state index < -0.39 is 0 Å². The van der Waals surface area contributed by atoms with Gasteiger partial charge in [-0.2, -0.15) is 0 Å². The van der Waals surface area contributed by atoms with Crippen molar-refractivity contribution in [3.8, 4) is 22.3 Å². The van der Waals surface area contributed by atoms with Crippen molar-refractivity contribution in [3.63, 3.8) is 0 Å². The first kappa shape index (κ1) is 26.3. The summed E-state index contributed by atoms with van der Waals surface area (Å²) in [5.41, 5.74) is 9.53. The Bertz CT molecular complexity index is 1830. The molecule has 0 saturated carbocycles. The van der Waals surface area contributed by atoms with Crippen molar-refractivity contribution in [1.82, 2.24) is 0 Å². The first-order valence-electron chi connectivity index (χ1n) is 15.5. The van der Waals surface area contributed by atoms with Gasteiger partial charge in [-0.25, -0.2) is 0 Å². The van der Waals surface area contributed by atoms with Gasteiger partial charge >= 0.3 is 0 Å². The molecule has 1 saturated heterocycles. The lowest BCUT2D eigenvalue weighted by molar-refractivity contribution is 0.527. The van der Waals surface area contributed by atoms with E-state index in [1.807, 2.05) is 0 Å². The van der Waals surface area contributed by atoms with E-state index in [1.165, 1.54) is 27.9 Å². The summed E-state index contributed by atoms with van der Waals surface area (Å²) < 4.78 is 0. The zero-order chi connectivity index (χ0) is 29.3. The molecule has 4 atom stereocenters. The SMILES string of the molecule is C1=CC2C3C=CC=CC3N(c3ccc(-c4cccc(N(c5ccccc5)c5ccc(-c6ccccc6)cc5)c4)cc3)C2C=C1. The predicted octanol–water partition coefficient (Wildman–Crippen LogP) is 10.5. The number of allylic oxidation sites excluding steroid dienone is 4. The molecule has 2 nitrogen and oxygen atoms in total. The number of para-hydroxylation sites is 1. The van der Waals surface area contributed by atoms with Gasteiger partial charge in [0, 0.05) is 34.6 Å². The molecular weight excluding hydrogens is 532 g/mol. The van der Waals surface area contributed by atoms with Crippen molar-refractivity contribution in [1.29, 1.82) is 0 Å². The van der Waals surface area contributed by atoms with Gasteiger partial charge in [0.25, 0.3) is 0 Å². The van der Waals surface area contributed by atoms with Crippen molar-refractivity contribution >= 4 is 22.7 Å². The van der Waals surface area contributed by atoms with Crippen LogP contribution in [-0.2, 0) is 0 Å². The molecule has 4 unspecified atom stereocenters. The van der Waals surface area contributed by atoms with E-state index >= 15 is 0 Å². The molecule has 1 fully saturated rings. The maximum absolute atomic E-state index is 2.60. The van der Waals surface area contributed by atoms with Crippen LogP contribution in [0.2, 0.25) is 0 Å². The summed E-state index contributed by atoms with van der Waals surface area (Å²) in [7, 11) is 0. The zero-order valence-corrected chi connectivity index (χ0v) is 24.5. The van der Waals surface area contributed by atoms with Gasteiger partial charge in [-0.15, -0.1) is 0 Å². The molecule has 8 rings (SSSR count). The summed E-state index contributed by atoms with van der Waals surface area (Å²) in [5, 5.41) is 0. The highest BCUT2D eigenvalue weighted by Crippen LogP contribution is 2.44. The number of hydrogen-bond donors (Lipinski definition) is 0. The van der Waals surface area contributed by atoms with E-state index in [9.17, 15) is 0 Å². The molecule has 1 aliphatic heterocycles. The Morgan fingerprint density at radius 2 is 0.864 bits per heavy atom. The van der Waals surface area contributed by atoms with Gasteiger partial charge in [-0.1, -0.05) is 134 Å². The minimum atomic E-state index is 0.379. The van der Waals surface area contributed by atoms with Crippen LogP contribution >= 0.6 is 0 Å².